The largest absolute Gasteiger partial charge is 0.368 e. The summed E-state index contributed by atoms with van der Waals surface area (Å²) < 4.78 is 0. The summed E-state index contributed by atoms with van der Waals surface area (Å²) in [6.45, 7) is 0. The topological polar surface area (TPSA) is 93.8 Å². The predicted molar refractivity (Wildman–Crippen MR) is 75.0 cm³/mol. The number of anilines is 2. The van der Waals surface area contributed by atoms with Crippen LogP contribution in [0.2, 0.25) is 5.02 Å². The molecule has 0 unspecified atom stereocenters. The number of benzene rings is 1. The van der Waals surface area contributed by atoms with Crippen molar-refractivity contribution in [2.75, 3.05) is 16.8 Å². The average Bonchev–Trinajstić information content (AvgIpc) is 2.36. The van der Waals surface area contributed by atoms with Crippen LogP contribution in [0.4, 0.5) is 11.6 Å². The third-order valence-corrected chi connectivity index (χ3v) is 3.11. The molecule has 8 heteroatoms. The molecule has 1 aromatic heterocycles. The monoisotopic (exact) mass is 295 g/mol. The van der Waals surface area contributed by atoms with Gasteiger partial charge in [-0.05, 0) is 18.2 Å². The van der Waals surface area contributed by atoms with Crippen LogP contribution in [-0.4, -0.2) is 26.6 Å². The van der Waals surface area contributed by atoms with Crippen molar-refractivity contribution < 1.29 is 4.79 Å². The molecule has 0 radical (unpaired) electrons. The van der Waals surface area contributed by atoms with E-state index in [1.807, 2.05) is 0 Å². The van der Waals surface area contributed by atoms with Crippen molar-refractivity contribution >= 4 is 40.9 Å². The van der Waals surface area contributed by atoms with E-state index in [1.54, 1.807) is 24.3 Å². The van der Waals surface area contributed by atoms with Gasteiger partial charge in [0.25, 0.3) is 0 Å². The minimum Gasteiger partial charge on any atom is -0.368 e. The maximum Gasteiger partial charge on any atom is 0.234 e. The smallest absolute Gasteiger partial charge is 0.234 e. The van der Waals surface area contributed by atoms with E-state index >= 15 is 0 Å². The fourth-order valence-corrected chi connectivity index (χ4v) is 2.06. The van der Waals surface area contributed by atoms with Crippen LogP contribution in [0.25, 0.3) is 0 Å². The van der Waals surface area contributed by atoms with Crippen LogP contribution in [-0.2, 0) is 4.79 Å². The standard InChI is InChI=1S/C11H10ClN5OS/c12-7-2-1-3-8(4-7)16-9(18)5-19-11-15-6-14-10(13)17-11/h1-4,6H,5H2,(H,16,18)(H2,13,14,15,17). The molecule has 0 bridgehead atoms. The highest BCUT2D eigenvalue weighted by Crippen LogP contribution is 2.16. The quantitative estimate of drug-likeness (QED) is 0.836. The van der Waals surface area contributed by atoms with Gasteiger partial charge in [0, 0.05) is 10.7 Å². The van der Waals surface area contributed by atoms with Gasteiger partial charge in [0.2, 0.25) is 11.9 Å². The summed E-state index contributed by atoms with van der Waals surface area (Å²) in [5.74, 6) is 0.134. The molecular formula is C11H10ClN5OS. The number of thioether (sulfide) groups is 1. The molecular weight excluding hydrogens is 286 g/mol. The van der Waals surface area contributed by atoms with E-state index < -0.39 is 0 Å². The van der Waals surface area contributed by atoms with Gasteiger partial charge in [-0.25, -0.2) is 9.97 Å². The fraction of sp³-hybridized carbons (Fsp3) is 0.0909. The van der Waals surface area contributed by atoms with Gasteiger partial charge in [-0.15, -0.1) is 0 Å². The van der Waals surface area contributed by atoms with Crippen LogP contribution in [0.1, 0.15) is 0 Å². The molecule has 0 saturated heterocycles. The number of rotatable bonds is 4. The molecule has 2 aromatic rings. The number of nitrogens with zero attached hydrogens (tertiary/aromatic N) is 3. The zero-order valence-corrected chi connectivity index (χ0v) is 11.3. The minimum atomic E-state index is -0.175. The van der Waals surface area contributed by atoms with Crippen LogP contribution in [0.15, 0.2) is 35.7 Å². The van der Waals surface area contributed by atoms with Crippen molar-refractivity contribution in [3.63, 3.8) is 0 Å². The van der Waals surface area contributed by atoms with E-state index in [9.17, 15) is 4.79 Å². The molecule has 2 rings (SSSR count). The van der Waals surface area contributed by atoms with E-state index in [1.165, 1.54) is 18.1 Å². The Morgan fingerprint density at radius 3 is 3.00 bits per heavy atom. The highest BCUT2D eigenvalue weighted by atomic mass is 35.5. The number of nitrogens with two attached hydrogens (primary N) is 1. The van der Waals surface area contributed by atoms with E-state index in [0.29, 0.717) is 15.9 Å². The number of halogens is 1. The Morgan fingerprint density at radius 2 is 2.26 bits per heavy atom. The highest BCUT2D eigenvalue weighted by Gasteiger charge is 2.06. The van der Waals surface area contributed by atoms with Crippen molar-refractivity contribution in [2.45, 2.75) is 5.16 Å². The van der Waals surface area contributed by atoms with Crippen LogP contribution in [0.3, 0.4) is 0 Å². The van der Waals surface area contributed by atoms with Crippen molar-refractivity contribution in [3.05, 3.63) is 35.6 Å². The van der Waals surface area contributed by atoms with Gasteiger partial charge in [0.15, 0.2) is 5.16 Å². The number of hydrogen-bond acceptors (Lipinski definition) is 6. The normalized spacial score (nSPS) is 10.2. The van der Waals surface area contributed by atoms with Gasteiger partial charge in [-0.3, -0.25) is 4.79 Å². The first-order valence-corrected chi connectivity index (χ1v) is 6.62. The fourth-order valence-electron chi connectivity index (χ4n) is 1.26. The van der Waals surface area contributed by atoms with Crippen LogP contribution in [0, 0.1) is 0 Å². The van der Waals surface area contributed by atoms with Gasteiger partial charge < -0.3 is 11.1 Å². The molecule has 0 spiro atoms. The summed E-state index contributed by atoms with van der Waals surface area (Å²) in [5.41, 5.74) is 6.06. The van der Waals surface area contributed by atoms with Gasteiger partial charge in [-0.2, -0.15) is 4.98 Å². The molecule has 0 aliphatic heterocycles. The zero-order chi connectivity index (χ0) is 13.7. The van der Waals surface area contributed by atoms with Gasteiger partial charge in [-0.1, -0.05) is 29.4 Å². The Bertz CT molecular complexity index is 595. The number of nitrogens with one attached hydrogen (secondary N) is 1. The third-order valence-electron chi connectivity index (χ3n) is 2.01. The molecule has 1 aromatic carbocycles. The number of carbonyl (C=O) groups is 1. The number of nitrogen functional groups attached to an aromatic ring is 1. The molecule has 19 heavy (non-hydrogen) atoms. The molecule has 0 saturated carbocycles. The summed E-state index contributed by atoms with van der Waals surface area (Å²) in [5, 5.41) is 3.70. The maximum atomic E-state index is 11.7. The van der Waals surface area contributed by atoms with Crippen LogP contribution < -0.4 is 11.1 Å². The number of carbonyl (C=O) groups excluding carboxylic acids is 1. The summed E-state index contributed by atoms with van der Waals surface area (Å²) in [7, 11) is 0. The first-order valence-electron chi connectivity index (χ1n) is 5.26. The minimum absolute atomic E-state index is 0.132. The van der Waals surface area contributed by atoms with Crippen molar-refractivity contribution in [3.8, 4) is 0 Å². The van der Waals surface area contributed by atoms with Gasteiger partial charge in [0.1, 0.15) is 6.33 Å². The molecule has 1 heterocycles. The molecule has 0 aliphatic rings. The summed E-state index contributed by atoms with van der Waals surface area (Å²) in [4.78, 5) is 23.2. The SMILES string of the molecule is Nc1ncnc(SCC(=O)Nc2cccc(Cl)c2)n1. The van der Waals surface area contributed by atoms with Crippen LogP contribution in [0.5, 0.6) is 0 Å². The molecule has 1 amide bonds. The van der Waals surface area contributed by atoms with E-state index in [2.05, 4.69) is 20.3 Å². The summed E-state index contributed by atoms with van der Waals surface area (Å²) in [6, 6.07) is 6.93. The third kappa shape index (κ3) is 4.38. The van der Waals surface area contributed by atoms with E-state index in [0.717, 1.165) is 0 Å². The number of amides is 1. The Morgan fingerprint density at radius 1 is 1.42 bits per heavy atom. The van der Waals surface area contributed by atoms with E-state index in [4.69, 9.17) is 17.3 Å². The first kappa shape index (κ1) is 13.6. The lowest BCUT2D eigenvalue weighted by molar-refractivity contribution is -0.113. The lowest BCUT2D eigenvalue weighted by atomic mass is 10.3. The molecule has 98 valence electrons. The van der Waals surface area contributed by atoms with Crippen LogP contribution >= 0.6 is 23.4 Å². The van der Waals surface area contributed by atoms with E-state index in [-0.39, 0.29) is 17.6 Å². The Hall–Kier alpha value is -1.86. The lowest BCUT2D eigenvalue weighted by Gasteiger charge is -2.04. The average molecular weight is 296 g/mol. The Kier molecular flexibility index (Phi) is 4.53. The maximum absolute atomic E-state index is 11.7. The Balaban J connectivity index is 1.88. The zero-order valence-electron chi connectivity index (χ0n) is 9.71. The molecule has 3 N–H and O–H groups in total. The molecule has 0 atom stereocenters. The number of aromatic nitrogens is 3. The lowest BCUT2D eigenvalue weighted by Crippen LogP contribution is -2.14. The predicted octanol–water partition coefficient (Wildman–Crippen LogP) is 1.84. The number of hydrogen-bond donors (Lipinski definition) is 2. The van der Waals surface area contributed by atoms with Gasteiger partial charge >= 0.3 is 0 Å². The van der Waals surface area contributed by atoms with Crippen molar-refractivity contribution in [1.82, 2.24) is 15.0 Å². The summed E-state index contributed by atoms with van der Waals surface area (Å²) in [6.07, 6.45) is 1.31. The second-order valence-corrected chi connectivity index (χ2v) is 4.85. The highest BCUT2D eigenvalue weighted by molar-refractivity contribution is 7.99. The Labute approximate surface area is 118 Å². The summed E-state index contributed by atoms with van der Waals surface area (Å²) >= 11 is 7.00. The molecule has 6 nitrogen and oxygen atoms in total. The molecule has 0 fully saturated rings. The second kappa shape index (κ2) is 6.35. The van der Waals surface area contributed by atoms with Gasteiger partial charge in [0.05, 0.1) is 5.75 Å². The first-order chi connectivity index (χ1) is 9.13. The molecule has 0 aliphatic carbocycles. The second-order valence-electron chi connectivity index (χ2n) is 3.47. The van der Waals surface area contributed by atoms with Crippen molar-refractivity contribution in [2.24, 2.45) is 0 Å². The van der Waals surface area contributed by atoms with Crippen molar-refractivity contribution in [1.29, 1.82) is 0 Å².